The largest absolute Gasteiger partial charge is 0.444 e. The summed E-state index contributed by atoms with van der Waals surface area (Å²) in [6.45, 7) is 6.35. The van der Waals surface area contributed by atoms with E-state index in [1.165, 1.54) is 5.06 Å². The van der Waals surface area contributed by atoms with Crippen molar-refractivity contribution in [3.63, 3.8) is 0 Å². The molecule has 1 aliphatic heterocycles. The molecule has 1 fully saturated rings. The van der Waals surface area contributed by atoms with Crippen molar-refractivity contribution in [2.24, 2.45) is 0 Å². The van der Waals surface area contributed by atoms with Gasteiger partial charge in [-0.15, -0.1) is 0 Å². The van der Waals surface area contributed by atoms with Crippen LogP contribution in [0.1, 0.15) is 31.9 Å². The first-order chi connectivity index (χ1) is 14.8. The van der Waals surface area contributed by atoms with E-state index in [0.29, 0.717) is 19.6 Å². The van der Waals surface area contributed by atoms with Crippen LogP contribution in [-0.2, 0) is 32.1 Å². The molecule has 2 atom stereocenters. The van der Waals surface area contributed by atoms with E-state index in [0.717, 1.165) is 11.1 Å². The average molecular weight is 427 g/mol. The maximum atomic E-state index is 13.1. The maximum Gasteiger partial charge on any atom is 0.408 e. The SMILES string of the molecule is CC(C)(C)OC(=O)NC(Cc1ccccc1)C(=O)N1CC(OCc2ccccc2)CO1. The van der Waals surface area contributed by atoms with Gasteiger partial charge in [-0.2, -0.15) is 0 Å². The van der Waals surface area contributed by atoms with Gasteiger partial charge in [0.1, 0.15) is 24.4 Å². The van der Waals surface area contributed by atoms with Crippen molar-refractivity contribution in [3.8, 4) is 0 Å². The number of carbonyl (C=O) groups is 2. The van der Waals surface area contributed by atoms with Gasteiger partial charge in [0.15, 0.2) is 0 Å². The number of amides is 2. The van der Waals surface area contributed by atoms with Crippen molar-refractivity contribution in [2.75, 3.05) is 13.2 Å². The van der Waals surface area contributed by atoms with Crippen LogP contribution in [0, 0.1) is 0 Å². The molecule has 2 amide bonds. The van der Waals surface area contributed by atoms with Crippen molar-refractivity contribution in [1.82, 2.24) is 10.4 Å². The topological polar surface area (TPSA) is 77.1 Å². The van der Waals surface area contributed by atoms with Crippen molar-refractivity contribution in [2.45, 2.75) is 51.5 Å². The molecule has 0 spiro atoms. The molecule has 1 aliphatic rings. The Morgan fingerprint density at radius 1 is 1.06 bits per heavy atom. The number of carbonyl (C=O) groups excluding carboxylic acids is 2. The third kappa shape index (κ3) is 7.38. The molecule has 2 aromatic rings. The number of rotatable bonds is 7. The standard InChI is InChI=1S/C24H30N2O5/c1-24(2,3)31-23(28)25-21(14-18-10-6-4-7-11-18)22(27)26-15-20(17-30-26)29-16-19-12-8-5-9-13-19/h4-13,20-21H,14-17H2,1-3H3,(H,25,28). The average Bonchev–Trinajstić information content (AvgIpc) is 3.20. The zero-order valence-corrected chi connectivity index (χ0v) is 18.2. The van der Waals surface area contributed by atoms with Gasteiger partial charge >= 0.3 is 6.09 Å². The predicted molar refractivity (Wildman–Crippen MR) is 116 cm³/mol. The van der Waals surface area contributed by atoms with Crippen LogP contribution in [-0.4, -0.2) is 48.0 Å². The molecule has 7 heteroatoms. The zero-order valence-electron chi connectivity index (χ0n) is 18.2. The highest BCUT2D eigenvalue weighted by Gasteiger charge is 2.34. The first kappa shape index (κ1) is 22.8. The van der Waals surface area contributed by atoms with Crippen molar-refractivity contribution < 1.29 is 23.9 Å². The highest BCUT2D eigenvalue weighted by molar-refractivity contribution is 5.85. The summed E-state index contributed by atoms with van der Waals surface area (Å²) in [4.78, 5) is 31.1. The molecule has 0 radical (unpaired) electrons. The minimum Gasteiger partial charge on any atom is -0.444 e. The quantitative estimate of drug-likeness (QED) is 0.734. The van der Waals surface area contributed by atoms with E-state index in [4.69, 9.17) is 14.3 Å². The molecule has 2 unspecified atom stereocenters. The van der Waals surface area contributed by atoms with Gasteiger partial charge in [-0.3, -0.25) is 9.63 Å². The first-order valence-electron chi connectivity index (χ1n) is 10.4. The van der Waals surface area contributed by atoms with E-state index in [9.17, 15) is 9.59 Å². The summed E-state index contributed by atoms with van der Waals surface area (Å²) >= 11 is 0. The fourth-order valence-corrected chi connectivity index (χ4v) is 3.18. The normalized spacial score (nSPS) is 17.3. The molecule has 2 aromatic carbocycles. The Hall–Kier alpha value is -2.90. The molecule has 0 aliphatic carbocycles. The summed E-state index contributed by atoms with van der Waals surface area (Å²) in [5.74, 6) is -0.333. The molecule has 31 heavy (non-hydrogen) atoms. The fourth-order valence-electron chi connectivity index (χ4n) is 3.18. The van der Waals surface area contributed by atoms with Crippen LogP contribution >= 0.6 is 0 Å². The third-order valence-electron chi connectivity index (χ3n) is 4.63. The zero-order chi connectivity index (χ0) is 22.3. The van der Waals surface area contributed by atoms with Gasteiger partial charge in [-0.1, -0.05) is 60.7 Å². The second-order valence-corrected chi connectivity index (χ2v) is 8.50. The molecule has 0 aromatic heterocycles. The number of hydrogen-bond acceptors (Lipinski definition) is 5. The summed E-state index contributed by atoms with van der Waals surface area (Å²) in [7, 11) is 0. The Bertz CT molecular complexity index is 851. The minimum atomic E-state index is -0.815. The highest BCUT2D eigenvalue weighted by atomic mass is 16.7. The second kappa shape index (κ2) is 10.4. The van der Waals surface area contributed by atoms with Gasteiger partial charge in [0.05, 0.1) is 13.2 Å². The lowest BCUT2D eigenvalue weighted by Crippen LogP contribution is -2.50. The molecule has 0 bridgehead atoms. The third-order valence-corrected chi connectivity index (χ3v) is 4.63. The Labute approximate surface area is 183 Å². The molecule has 1 heterocycles. The summed E-state index contributed by atoms with van der Waals surface area (Å²) < 4.78 is 11.2. The second-order valence-electron chi connectivity index (χ2n) is 8.50. The number of benzene rings is 2. The molecule has 7 nitrogen and oxygen atoms in total. The molecule has 1 N–H and O–H groups in total. The number of nitrogens with zero attached hydrogens (tertiary/aromatic N) is 1. The molecular formula is C24H30N2O5. The van der Waals surface area contributed by atoms with Crippen LogP contribution in [0.4, 0.5) is 4.79 Å². The number of hydroxylamine groups is 2. The van der Waals surface area contributed by atoms with Crippen LogP contribution in [0.5, 0.6) is 0 Å². The number of alkyl carbamates (subject to hydrolysis) is 1. The van der Waals surface area contributed by atoms with Crippen LogP contribution in [0.3, 0.4) is 0 Å². The highest BCUT2D eigenvalue weighted by Crippen LogP contribution is 2.16. The number of hydrogen-bond donors (Lipinski definition) is 1. The Morgan fingerprint density at radius 3 is 2.29 bits per heavy atom. The summed E-state index contributed by atoms with van der Waals surface area (Å²) in [5.41, 5.74) is 1.32. The number of ether oxygens (including phenoxy) is 2. The monoisotopic (exact) mass is 426 g/mol. The van der Waals surface area contributed by atoms with Gasteiger partial charge in [0.2, 0.25) is 0 Å². The van der Waals surface area contributed by atoms with Crippen LogP contribution < -0.4 is 5.32 Å². The smallest absolute Gasteiger partial charge is 0.408 e. The van der Waals surface area contributed by atoms with E-state index in [1.807, 2.05) is 60.7 Å². The molecule has 1 saturated heterocycles. The summed E-state index contributed by atoms with van der Waals surface area (Å²) in [6.07, 6.45) is -0.546. The molecule has 166 valence electrons. The Morgan fingerprint density at radius 2 is 1.68 bits per heavy atom. The lowest BCUT2D eigenvalue weighted by atomic mass is 10.1. The van der Waals surface area contributed by atoms with Gasteiger partial charge in [-0.25, -0.2) is 9.86 Å². The summed E-state index contributed by atoms with van der Waals surface area (Å²) in [6, 6.07) is 18.5. The van der Waals surface area contributed by atoms with E-state index in [1.54, 1.807) is 20.8 Å². The van der Waals surface area contributed by atoms with Gasteiger partial charge in [-0.05, 0) is 31.9 Å². The molecule has 3 rings (SSSR count). The fraction of sp³-hybridized carbons (Fsp3) is 0.417. The first-order valence-corrected chi connectivity index (χ1v) is 10.4. The van der Waals surface area contributed by atoms with E-state index < -0.39 is 17.7 Å². The summed E-state index contributed by atoms with van der Waals surface area (Å²) in [5, 5.41) is 3.98. The molecular weight excluding hydrogens is 396 g/mol. The Balaban J connectivity index is 1.61. The van der Waals surface area contributed by atoms with Gasteiger partial charge in [0, 0.05) is 6.42 Å². The van der Waals surface area contributed by atoms with Crippen molar-refractivity contribution in [3.05, 3.63) is 71.8 Å². The van der Waals surface area contributed by atoms with Crippen molar-refractivity contribution >= 4 is 12.0 Å². The van der Waals surface area contributed by atoms with Crippen LogP contribution in [0.15, 0.2) is 60.7 Å². The lowest BCUT2D eigenvalue weighted by Gasteiger charge is -2.25. The predicted octanol–water partition coefficient (Wildman–Crippen LogP) is 3.48. The van der Waals surface area contributed by atoms with Crippen LogP contribution in [0.2, 0.25) is 0 Å². The van der Waals surface area contributed by atoms with Crippen LogP contribution in [0.25, 0.3) is 0 Å². The Kier molecular flexibility index (Phi) is 7.65. The van der Waals surface area contributed by atoms with Crippen molar-refractivity contribution in [1.29, 1.82) is 0 Å². The lowest BCUT2D eigenvalue weighted by molar-refractivity contribution is -0.171. The van der Waals surface area contributed by atoms with Gasteiger partial charge in [0.25, 0.3) is 5.91 Å². The number of nitrogens with one attached hydrogen (secondary N) is 1. The minimum absolute atomic E-state index is 0.233. The maximum absolute atomic E-state index is 13.1. The molecule has 0 saturated carbocycles. The van der Waals surface area contributed by atoms with Gasteiger partial charge < -0.3 is 14.8 Å². The van der Waals surface area contributed by atoms with E-state index in [2.05, 4.69) is 5.32 Å². The van der Waals surface area contributed by atoms with E-state index in [-0.39, 0.29) is 18.6 Å². The van der Waals surface area contributed by atoms with E-state index >= 15 is 0 Å².